The molecule has 0 radical (unpaired) electrons. The SMILES string of the molecule is Clc1ncc(OC[C@@H]2CCCN2)cc1CCc1ccncc1. The maximum Gasteiger partial charge on any atom is 0.138 e. The smallest absolute Gasteiger partial charge is 0.138 e. The minimum absolute atomic E-state index is 0.455. The number of nitrogens with zero attached hydrogens (tertiary/aromatic N) is 2. The van der Waals surface area contributed by atoms with Gasteiger partial charge in [-0.2, -0.15) is 0 Å². The lowest BCUT2D eigenvalue weighted by molar-refractivity contribution is 0.276. The van der Waals surface area contributed by atoms with E-state index in [0.717, 1.165) is 30.7 Å². The zero-order chi connectivity index (χ0) is 15.2. The summed E-state index contributed by atoms with van der Waals surface area (Å²) in [5, 5.41) is 3.98. The van der Waals surface area contributed by atoms with Crippen LogP contribution in [0.2, 0.25) is 5.15 Å². The second-order valence-corrected chi connectivity index (χ2v) is 5.94. The molecule has 2 aromatic heterocycles. The number of nitrogens with one attached hydrogen (secondary N) is 1. The molecule has 0 saturated carbocycles. The molecule has 1 N–H and O–H groups in total. The first-order valence-corrected chi connectivity index (χ1v) is 8.08. The second-order valence-electron chi connectivity index (χ2n) is 5.58. The summed E-state index contributed by atoms with van der Waals surface area (Å²) < 4.78 is 5.84. The zero-order valence-electron chi connectivity index (χ0n) is 12.5. The quantitative estimate of drug-likeness (QED) is 0.832. The number of pyridine rings is 2. The summed E-state index contributed by atoms with van der Waals surface area (Å²) in [5.74, 6) is 0.794. The van der Waals surface area contributed by atoms with Crippen LogP contribution < -0.4 is 10.1 Å². The fourth-order valence-electron chi connectivity index (χ4n) is 2.65. The molecule has 2 aromatic rings. The Morgan fingerprint density at radius 3 is 2.91 bits per heavy atom. The number of ether oxygens (including phenoxy) is 1. The largest absolute Gasteiger partial charge is 0.490 e. The van der Waals surface area contributed by atoms with Gasteiger partial charge in [-0.1, -0.05) is 11.6 Å². The van der Waals surface area contributed by atoms with Crippen LogP contribution in [-0.4, -0.2) is 29.2 Å². The highest BCUT2D eigenvalue weighted by atomic mass is 35.5. The Morgan fingerprint density at radius 1 is 1.27 bits per heavy atom. The van der Waals surface area contributed by atoms with Gasteiger partial charge in [0.1, 0.15) is 17.5 Å². The van der Waals surface area contributed by atoms with Gasteiger partial charge in [0, 0.05) is 18.4 Å². The molecule has 0 spiro atoms. The third-order valence-corrected chi connectivity index (χ3v) is 4.27. The summed E-state index contributed by atoms with van der Waals surface area (Å²) in [6, 6.07) is 6.50. The Balaban J connectivity index is 1.59. The van der Waals surface area contributed by atoms with E-state index in [1.165, 1.54) is 18.4 Å². The molecule has 5 heteroatoms. The van der Waals surface area contributed by atoms with Crippen molar-refractivity contribution < 1.29 is 4.74 Å². The Hall–Kier alpha value is -1.65. The van der Waals surface area contributed by atoms with Crippen molar-refractivity contribution in [2.24, 2.45) is 0 Å². The van der Waals surface area contributed by atoms with Crippen molar-refractivity contribution in [3.05, 3.63) is 53.1 Å². The lowest BCUT2D eigenvalue weighted by Crippen LogP contribution is -2.28. The lowest BCUT2D eigenvalue weighted by Gasteiger charge is -2.13. The molecule has 3 rings (SSSR count). The third kappa shape index (κ3) is 4.18. The van der Waals surface area contributed by atoms with Crippen LogP contribution in [0.4, 0.5) is 0 Å². The highest BCUT2D eigenvalue weighted by Gasteiger charge is 2.14. The number of hydrogen-bond donors (Lipinski definition) is 1. The standard InChI is InChI=1S/C17H20ClN3O/c18-17-14(4-3-13-5-8-19-9-6-13)10-16(11-21-17)22-12-15-2-1-7-20-15/h5-6,8-11,15,20H,1-4,7,12H2/t15-/m0/s1. The van der Waals surface area contributed by atoms with E-state index in [4.69, 9.17) is 16.3 Å². The molecule has 0 amide bonds. The fourth-order valence-corrected chi connectivity index (χ4v) is 2.85. The van der Waals surface area contributed by atoms with Crippen LogP contribution in [0.1, 0.15) is 24.0 Å². The van der Waals surface area contributed by atoms with Crippen molar-refractivity contribution >= 4 is 11.6 Å². The van der Waals surface area contributed by atoms with Gasteiger partial charge in [-0.05, 0) is 61.6 Å². The first-order valence-electron chi connectivity index (χ1n) is 7.71. The monoisotopic (exact) mass is 317 g/mol. The van der Waals surface area contributed by atoms with E-state index < -0.39 is 0 Å². The first kappa shape index (κ1) is 15.3. The molecule has 0 aliphatic carbocycles. The van der Waals surface area contributed by atoms with Crippen molar-refractivity contribution in [3.8, 4) is 5.75 Å². The Morgan fingerprint density at radius 2 is 2.14 bits per heavy atom. The molecule has 1 saturated heterocycles. The highest BCUT2D eigenvalue weighted by Crippen LogP contribution is 2.21. The van der Waals surface area contributed by atoms with E-state index in [2.05, 4.69) is 15.3 Å². The first-order chi connectivity index (χ1) is 10.8. The second kappa shape index (κ2) is 7.56. The summed E-state index contributed by atoms with van der Waals surface area (Å²) >= 11 is 6.20. The predicted molar refractivity (Wildman–Crippen MR) is 87.4 cm³/mol. The maximum atomic E-state index is 6.20. The molecular weight excluding hydrogens is 298 g/mol. The summed E-state index contributed by atoms with van der Waals surface area (Å²) in [6.07, 6.45) is 9.48. The summed E-state index contributed by atoms with van der Waals surface area (Å²) in [5.41, 5.74) is 2.27. The molecule has 1 atom stereocenters. The number of hydrogen-bond acceptors (Lipinski definition) is 4. The van der Waals surface area contributed by atoms with Crippen molar-refractivity contribution in [1.29, 1.82) is 0 Å². The van der Waals surface area contributed by atoms with Gasteiger partial charge in [0.25, 0.3) is 0 Å². The molecule has 0 bridgehead atoms. The molecule has 4 nitrogen and oxygen atoms in total. The summed E-state index contributed by atoms with van der Waals surface area (Å²) in [4.78, 5) is 8.27. The molecule has 0 unspecified atom stereocenters. The lowest BCUT2D eigenvalue weighted by atomic mass is 10.1. The predicted octanol–water partition coefficient (Wildman–Crippen LogP) is 3.05. The van der Waals surface area contributed by atoms with E-state index in [1.54, 1.807) is 6.20 Å². The van der Waals surface area contributed by atoms with Crippen LogP contribution in [-0.2, 0) is 12.8 Å². The number of aromatic nitrogens is 2. The number of rotatable bonds is 6. The number of aryl methyl sites for hydroxylation is 2. The van der Waals surface area contributed by atoms with E-state index >= 15 is 0 Å². The van der Waals surface area contributed by atoms with Gasteiger partial charge in [0.2, 0.25) is 0 Å². The third-order valence-electron chi connectivity index (χ3n) is 3.93. The topological polar surface area (TPSA) is 47.0 Å². The molecule has 1 aliphatic rings. The Labute approximate surface area is 135 Å². The minimum atomic E-state index is 0.455. The van der Waals surface area contributed by atoms with Crippen molar-refractivity contribution in [1.82, 2.24) is 15.3 Å². The zero-order valence-corrected chi connectivity index (χ0v) is 13.2. The van der Waals surface area contributed by atoms with Crippen LogP contribution in [0.25, 0.3) is 0 Å². The highest BCUT2D eigenvalue weighted by molar-refractivity contribution is 6.30. The van der Waals surface area contributed by atoms with Gasteiger partial charge in [0.05, 0.1) is 6.20 Å². The molecule has 116 valence electrons. The van der Waals surface area contributed by atoms with E-state index in [1.807, 2.05) is 30.6 Å². The Kier molecular flexibility index (Phi) is 5.24. The van der Waals surface area contributed by atoms with Gasteiger partial charge < -0.3 is 10.1 Å². The van der Waals surface area contributed by atoms with E-state index in [-0.39, 0.29) is 0 Å². The maximum absolute atomic E-state index is 6.20. The van der Waals surface area contributed by atoms with Gasteiger partial charge >= 0.3 is 0 Å². The minimum Gasteiger partial charge on any atom is -0.490 e. The van der Waals surface area contributed by atoms with Gasteiger partial charge in [-0.3, -0.25) is 4.98 Å². The molecule has 1 fully saturated rings. The van der Waals surface area contributed by atoms with Gasteiger partial charge in [0.15, 0.2) is 0 Å². The molecule has 3 heterocycles. The fraction of sp³-hybridized carbons (Fsp3) is 0.412. The van der Waals surface area contributed by atoms with Crippen LogP contribution in [0.5, 0.6) is 5.75 Å². The molecular formula is C17H20ClN3O. The van der Waals surface area contributed by atoms with E-state index in [0.29, 0.717) is 17.8 Å². The molecule has 0 aromatic carbocycles. The van der Waals surface area contributed by atoms with Crippen molar-refractivity contribution in [2.45, 2.75) is 31.7 Å². The van der Waals surface area contributed by atoms with Crippen LogP contribution in [0.15, 0.2) is 36.8 Å². The van der Waals surface area contributed by atoms with Crippen LogP contribution in [0.3, 0.4) is 0 Å². The van der Waals surface area contributed by atoms with Crippen molar-refractivity contribution in [2.75, 3.05) is 13.2 Å². The molecule has 1 aliphatic heterocycles. The van der Waals surface area contributed by atoms with Crippen LogP contribution in [0, 0.1) is 0 Å². The normalized spacial score (nSPS) is 17.6. The average Bonchev–Trinajstić information content (AvgIpc) is 3.07. The Bertz CT molecular complexity index is 600. The van der Waals surface area contributed by atoms with Gasteiger partial charge in [-0.15, -0.1) is 0 Å². The summed E-state index contributed by atoms with van der Waals surface area (Å²) in [6.45, 7) is 1.77. The number of halogens is 1. The average molecular weight is 318 g/mol. The van der Waals surface area contributed by atoms with Gasteiger partial charge in [-0.25, -0.2) is 4.98 Å². The van der Waals surface area contributed by atoms with Crippen molar-refractivity contribution in [3.63, 3.8) is 0 Å². The van der Waals surface area contributed by atoms with E-state index in [9.17, 15) is 0 Å². The molecule has 22 heavy (non-hydrogen) atoms. The van der Waals surface area contributed by atoms with Crippen LogP contribution >= 0.6 is 11.6 Å². The summed E-state index contributed by atoms with van der Waals surface area (Å²) in [7, 11) is 0.